The lowest BCUT2D eigenvalue weighted by molar-refractivity contribution is 0.0655. The monoisotopic (exact) mass is 388 g/mol. The first-order valence-electron chi connectivity index (χ1n) is 9.43. The van der Waals surface area contributed by atoms with Crippen LogP contribution in [0.15, 0.2) is 40.8 Å². The van der Waals surface area contributed by atoms with E-state index in [1.807, 2.05) is 36.6 Å². The fourth-order valence-electron chi connectivity index (χ4n) is 2.52. The van der Waals surface area contributed by atoms with Gasteiger partial charge in [-0.15, -0.1) is 11.3 Å². The van der Waals surface area contributed by atoms with Crippen LogP contribution in [0.5, 0.6) is 5.88 Å². The van der Waals surface area contributed by atoms with Crippen molar-refractivity contribution in [3.63, 3.8) is 0 Å². The topological polar surface area (TPSA) is 78.8 Å². The number of pyridine rings is 1. The zero-order chi connectivity index (χ0) is 19.1. The normalized spacial score (nSPS) is 16.6. The van der Waals surface area contributed by atoms with Gasteiger partial charge >= 0.3 is 0 Å². The molecule has 1 saturated carbocycles. The standard InChI is InChI=1S/C20H28N4O2S/c1-3-21-19(24-14-20(2,25)17-5-4-10-27-17)23-12-16-8-9-18(22-11-16)26-13-15-6-7-15/h4-5,8-11,15,25H,3,6-7,12-14H2,1-2H3,(H2,21,23,24). The molecule has 2 aromatic rings. The Labute approximate surface area is 164 Å². The fraction of sp³-hybridized carbons (Fsp3) is 0.500. The Kier molecular flexibility index (Phi) is 6.68. The molecule has 27 heavy (non-hydrogen) atoms. The maximum Gasteiger partial charge on any atom is 0.213 e. The predicted molar refractivity (Wildman–Crippen MR) is 109 cm³/mol. The van der Waals surface area contributed by atoms with Gasteiger partial charge in [0.1, 0.15) is 5.60 Å². The summed E-state index contributed by atoms with van der Waals surface area (Å²) in [6, 6.07) is 7.77. The second-order valence-electron chi connectivity index (χ2n) is 7.06. The van der Waals surface area contributed by atoms with E-state index in [4.69, 9.17) is 4.74 Å². The van der Waals surface area contributed by atoms with Crippen LogP contribution in [0.1, 0.15) is 37.1 Å². The van der Waals surface area contributed by atoms with Crippen LogP contribution in [0.4, 0.5) is 0 Å². The Morgan fingerprint density at radius 1 is 1.37 bits per heavy atom. The quantitative estimate of drug-likeness (QED) is 0.455. The van der Waals surface area contributed by atoms with Crippen molar-refractivity contribution in [1.82, 2.24) is 15.6 Å². The summed E-state index contributed by atoms with van der Waals surface area (Å²) in [6.07, 6.45) is 4.34. The van der Waals surface area contributed by atoms with E-state index in [-0.39, 0.29) is 0 Å². The van der Waals surface area contributed by atoms with E-state index in [1.165, 1.54) is 12.8 Å². The van der Waals surface area contributed by atoms with E-state index in [9.17, 15) is 5.11 Å². The molecule has 1 aliphatic rings. The van der Waals surface area contributed by atoms with Gasteiger partial charge in [-0.2, -0.15) is 0 Å². The number of rotatable bonds is 9. The van der Waals surface area contributed by atoms with Crippen LogP contribution in [0.3, 0.4) is 0 Å². The SMILES string of the molecule is CCNC(=NCc1ccc(OCC2CC2)nc1)NCC(C)(O)c1cccs1. The summed E-state index contributed by atoms with van der Waals surface area (Å²) in [7, 11) is 0. The van der Waals surface area contributed by atoms with Crippen molar-refractivity contribution in [3.8, 4) is 5.88 Å². The number of aliphatic hydroxyl groups is 1. The molecule has 0 bridgehead atoms. The zero-order valence-electron chi connectivity index (χ0n) is 15.9. The third-order valence-corrected chi connectivity index (χ3v) is 5.50. The Morgan fingerprint density at radius 2 is 2.22 bits per heavy atom. The maximum absolute atomic E-state index is 10.6. The predicted octanol–water partition coefficient (Wildman–Crippen LogP) is 2.89. The highest BCUT2D eigenvalue weighted by Gasteiger charge is 2.24. The van der Waals surface area contributed by atoms with E-state index in [2.05, 4.69) is 20.6 Å². The Hall–Kier alpha value is -2.12. The lowest BCUT2D eigenvalue weighted by atomic mass is 10.1. The minimum absolute atomic E-state index is 0.380. The molecule has 2 heterocycles. The number of nitrogens with one attached hydrogen (secondary N) is 2. The van der Waals surface area contributed by atoms with Crippen molar-refractivity contribution >= 4 is 17.3 Å². The number of hydrogen-bond donors (Lipinski definition) is 3. The van der Waals surface area contributed by atoms with Gasteiger partial charge in [0, 0.05) is 23.7 Å². The molecular weight excluding hydrogens is 360 g/mol. The first-order chi connectivity index (χ1) is 13.1. The zero-order valence-corrected chi connectivity index (χ0v) is 16.8. The van der Waals surface area contributed by atoms with Crippen molar-refractivity contribution < 1.29 is 9.84 Å². The number of guanidine groups is 1. The van der Waals surface area contributed by atoms with Gasteiger partial charge < -0.3 is 20.5 Å². The van der Waals surface area contributed by atoms with E-state index in [0.717, 1.165) is 29.5 Å². The second-order valence-corrected chi connectivity index (χ2v) is 8.01. The summed E-state index contributed by atoms with van der Waals surface area (Å²) in [5.41, 5.74) is 0.0721. The number of hydrogen-bond acceptors (Lipinski definition) is 5. The van der Waals surface area contributed by atoms with Gasteiger partial charge in [0.15, 0.2) is 5.96 Å². The molecule has 3 N–H and O–H groups in total. The minimum Gasteiger partial charge on any atom is -0.477 e. The Bertz CT molecular complexity index is 725. The largest absolute Gasteiger partial charge is 0.477 e. The maximum atomic E-state index is 10.6. The van der Waals surface area contributed by atoms with Crippen molar-refractivity contribution in [2.75, 3.05) is 19.7 Å². The van der Waals surface area contributed by atoms with Gasteiger partial charge in [-0.3, -0.25) is 0 Å². The summed E-state index contributed by atoms with van der Waals surface area (Å²) in [5.74, 6) is 2.06. The van der Waals surface area contributed by atoms with Crippen molar-refractivity contribution in [1.29, 1.82) is 0 Å². The average Bonchev–Trinajstić information content (AvgIpc) is 3.32. The van der Waals surface area contributed by atoms with Crippen LogP contribution in [0.2, 0.25) is 0 Å². The molecule has 7 heteroatoms. The molecule has 1 fully saturated rings. The van der Waals surface area contributed by atoms with Gasteiger partial charge in [0.05, 0.1) is 19.7 Å². The van der Waals surface area contributed by atoms with Crippen LogP contribution >= 0.6 is 11.3 Å². The summed E-state index contributed by atoms with van der Waals surface area (Å²) >= 11 is 1.55. The molecule has 1 unspecified atom stereocenters. The third kappa shape index (κ3) is 6.22. The lowest BCUT2D eigenvalue weighted by Gasteiger charge is -2.23. The summed E-state index contributed by atoms with van der Waals surface area (Å²) < 4.78 is 5.66. The number of nitrogens with zero attached hydrogens (tertiary/aromatic N) is 2. The van der Waals surface area contributed by atoms with Crippen molar-refractivity contribution in [2.24, 2.45) is 10.9 Å². The molecule has 0 amide bonds. The van der Waals surface area contributed by atoms with Gasteiger partial charge in [-0.05, 0) is 49.6 Å². The Morgan fingerprint density at radius 3 is 2.85 bits per heavy atom. The molecule has 3 rings (SSSR count). The third-order valence-electron chi connectivity index (χ3n) is 4.38. The first-order valence-corrected chi connectivity index (χ1v) is 10.3. The summed E-state index contributed by atoms with van der Waals surface area (Å²) in [5, 5.41) is 19.0. The van der Waals surface area contributed by atoms with Crippen LogP contribution in [-0.4, -0.2) is 35.7 Å². The lowest BCUT2D eigenvalue weighted by Crippen LogP contribution is -2.44. The number of aliphatic imine (C=N–C) groups is 1. The first kappa shape index (κ1) is 19.6. The molecule has 6 nitrogen and oxygen atoms in total. The molecule has 0 aliphatic heterocycles. The van der Waals surface area contributed by atoms with Gasteiger partial charge in [-0.1, -0.05) is 12.1 Å². The number of aromatic nitrogens is 1. The van der Waals surface area contributed by atoms with Gasteiger partial charge in [0.2, 0.25) is 5.88 Å². The Balaban J connectivity index is 1.53. The summed E-state index contributed by atoms with van der Waals surface area (Å²) in [4.78, 5) is 9.87. The molecule has 146 valence electrons. The van der Waals surface area contributed by atoms with Gasteiger partial charge in [-0.25, -0.2) is 9.98 Å². The van der Waals surface area contributed by atoms with E-state index in [0.29, 0.717) is 24.9 Å². The molecular formula is C20H28N4O2S. The highest BCUT2D eigenvalue weighted by Crippen LogP contribution is 2.29. The van der Waals surface area contributed by atoms with E-state index < -0.39 is 5.60 Å². The van der Waals surface area contributed by atoms with E-state index in [1.54, 1.807) is 24.5 Å². The van der Waals surface area contributed by atoms with Crippen molar-refractivity contribution in [2.45, 2.75) is 38.8 Å². The smallest absolute Gasteiger partial charge is 0.213 e. The molecule has 1 atom stereocenters. The average molecular weight is 389 g/mol. The van der Waals surface area contributed by atoms with Crippen molar-refractivity contribution in [3.05, 3.63) is 46.3 Å². The molecule has 0 spiro atoms. The summed E-state index contributed by atoms with van der Waals surface area (Å²) in [6.45, 7) is 6.22. The highest BCUT2D eigenvalue weighted by molar-refractivity contribution is 7.10. The number of thiophene rings is 1. The van der Waals surface area contributed by atoms with Crippen LogP contribution in [0, 0.1) is 5.92 Å². The van der Waals surface area contributed by atoms with Crippen LogP contribution in [-0.2, 0) is 12.1 Å². The molecule has 2 aromatic heterocycles. The molecule has 0 aromatic carbocycles. The highest BCUT2D eigenvalue weighted by atomic mass is 32.1. The molecule has 0 radical (unpaired) electrons. The molecule has 0 saturated heterocycles. The van der Waals surface area contributed by atoms with Crippen LogP contribution in [0.25, 0.3) is 0 Å². The number of ether oxygens (including phenoxy) is 1. The van der Waals surface area contributed by atoms with Gasteiger partial charge in [0.25, 0.3) is 0 Å². The van der Waals surface area contributed by atoms with Crippen LogP contribution < -0.4 is 15.4 Å². The molecule has 1 aliphatic carbocycles. The second kappa shape index (κ2) is 9.19. The fourth-order valence-corrected chi connectivity index (χ4v) is 3.30. The minimum atomic E-state index is -0.938. The van der Waals surface area contributed by atoms with E-state index >= 15 is 0 Å².